The molecule has 1 saturated carbocycles. The van der Waals surface area contributed by atoms with Crippen LogP contribution < -0.4 is 5.32 Å². The summed E-state index contributed by atoms with van der Waals surface area (Å²) in [5.41, 5.74) is 1.87. The summed E-state index contributed by atoms with van der Waals surface area (Å²) >= 11 is 0. The number of likely N-dealkylation sites (tertiary alicyclic amines) is 1. The number of carbonyl (C=O) groups excluding carboxylic acids is 1. The van der Waals surface area contributed by atoms with E-state index in [0.717, 1.165) is 43.6 Å². The Kier molecular flexibility index (Phi) is 4.94. The number of rotatable bonds is 7. The Bertz CT molecular complexity index is 745. The van der Waals surface area contributed by atoms with Gasteiger partial charge in [0.2, 0.25) is 5.91 Å². The van der Waals surface area contributed by atoms with E-state index >= 15 is 0 Å². The number of hydrogen-bond acceptors (Lipinski definition) is 6. The molecule has 3 heterocycles. The molecule has 2 fully saturated rings. The number of carbonyl (C=O) groups is 1. The van der Waals surface area contributed by atoms with E-state index in [1.807, 2.05) is 23.3 Å². The molecule has 8 heteroatoms. The molecule has 4 rings (SSSR count). The predicted octanol–water partition coefficient (Wildman–Crippen LogP) is 1.48. The van der Waals surface area contributed by atoms with Gasteiger partial charge in [0.15, 0.2) is 0 Å². The monoisotopic (exact) mass is 356 g/mol. The van der Waals surface area contributed by atoms with Gasteiger partial charge in [-0.15, -0.1) is 0 Å². The Morgan fingerprint density at radius 2 is 2.12 bits per heavy atom. The van der Waals surface area contributed by atoms with Crippen LogP contribution in [0.5, 0.6) is 0 Å². The molecule has 26 heavy (non-hydrogen) atoms. The van der Waals surface area contributed by atoms with Crippen molar-refractivity contribution in [2.45, 2.75) is 37.9 Å². The summed E-state index contributed by atoms with van der Waals surface area (Å²) in [6.07, 6.45) is 11.9. The number of ether oxygens (including phenoxy) is 1. The van der Waals surface area contributed by atoms with Crippen LogP contribution in [0.1, 0.15) is 30.9 Å². The van der Waals surface area contributed by atoms with Gasteiger partial charge in [0, 0.05) is 56.3 Å². The summed E-state index contributed by atoms with van der Waals surface area (Å²) in [6.45, 7) is 2.34. The first-order valence-corrected chi connectivity index (χ1v) is 9.05. The van der Waals surface area contributed by atoms with E-state index in [0.29, 0.717) is 12.6 Å². The first kappa shape index (κ1) is 17.1. The zero-order chi connectivity index (χ0) is 17.9. The molecule has 0 aromatic carbocycles. The molecular weight excluding hydrogens is 332 g/mol. The fourth-order valence-corrected chi connectivity index (χ4v) is 3.55. The van der Waals surface area contributed by atoms with Crippen molar-refractivity contribution in [2.24, 2.45) is 5.92 Å². The van der Waals surface area contributed by atoms with E-state index in [-0.39, 0.29) is 17.9 Å². The van der Waals surface area contributed by atoms with Gasteiger partial charge in [0.25, 0.3) is 0 Å². The predicted molar refractivity (Wildman–Crippen MR) is 95.3 cm³/mol. The number of anilines is 1. The minimum absolute atomic E-state index is 0.110. The van der Waals surface area contributed by atoms with Crippen LogP contribution in [-0.2, 0) is 16.1 Å². The number of aromatic nitrogens is 4. The van der Waals surface area contributed by atoms with Crippen LogP contribution in [0.2, 0.25) is 0 Å². The van der Waals surface area contributed by atoms with Crippen molar-refractivity contribution >= 4 is 11.6 Å². The van der Waals surface area contributed by atoms with Crippen LogP contribution in [-0.4, -0.2) is 56.9 Å². The molecule has 0 unspecified atom stereocenters. The van der Waals surface area contributed by atoms with E-state index in [4.69, 9.17) is 4.74 Å². The Balaban J connectivity index is 1.42. The van der Waals surface area contributed by atoms with Gasteiger partial charge in [-0.3, -0.25) is 14.4 Å². The van der Waals surface area contributed by atoms with Crippen LogP contribution in [0.25, 0.3) is 0 Å². The van der Waals surface area contributed by atoms with Crippen LogP contribution in [0.3, 0.4) is 0 Å². The topological polar surface area (TPSA) is 85.2 Å². The largest absolute Gasteiger partial charge is 0.383 e. The smallest absolute Gasteiger partial charge is 0.227 e. The maximum Gasteiger partial charge on any atom is 0.227 e. The summed E-state index contributed by atoms with van der Waals surface area (Å²) in [6, 6.07) is 0.574. The van der Waals surface area contributed by atoms with E-state index in [2.05, 4.69) is 25.3 Å². The van der Waals surface area contributed by atoms with Crippen molar-refractivity contribution in [2.75, 3.05) is 25.6 Å². The number of methoxy groups -OCH3 is 1. The summed E-state index contributed by atoms with van der Waals surface area (Å²) in [7, 11) is 1.73. The van der Waals surface area contributed by atoms with Crippen LogP contribution in [0.15, 0.2) is 31.1 Å². The molecule has 1 saturated heterocycles. The lowest BCUT2D eigenvalue weighted by Gasteiger charge is -2.23. The molecule has 1 amide bonds. The summed E-state index contributed by atoms with van der Waals surface area (Å²) in [5, 5.41) is 7.43. The molecule has 0 spiro atoms. The third kappa shape index (κ3) is 3.91. The minimum Gasteiger partial charge on any atom is -0.383 e. The fourth-order valence-electron chi connectivity index (χ4n) is 3.55. The molecule has 1 aliphatic carbocycles. The van der Waals surface area contributed by atoms with Crippen molar-refractivity contribution in [1.82, 2.24) is 24.6 Å². The third-order valence-corrected chi connectivity index (χ3v) is 5.06. The Morgan fingerprint density at radius 3 is 2.85 bits per heavy atom. The van der Waals surface area contributed by atoms with Crippen molar-refractivity contribution in [1.29, 1.82) is 0 Å². The van der Waals surface area contributed by atoms with Gasteiger partial charge >= 0.3 is 0 Å². The second-order valence-electron chi connectivity index (χ2n) is 7.15. The van der Waals surface area contributed by atoms with Gasteiger partial charge in [0.1, 0.15) is 6.33 Å². The molecule has 138 valence electrons. The number of nitrogens with zero attached hydrogens (tertiary/aromatic N) is 5. The lowest BCUT2D eigenvalue weighted by Crippen LogP contribution is -2.32. The Labute approximate surface area is 152 Å². The van der Waals surface area contributed by atoms with Crippen molar-refractivity contribution < 1.29 is 9.53 Å². The number of hydrogen-bond donors (Lipinski definition) is 1. The average molecular weight is 356 g/mol. The first-order chi connectivity index (χ1) is 12.7. The van der Waals surface area contributed by atoms with E-state index in [1.54, 1.807) is 19.6 Å². The molecule has 2 aromatic rings. The van der Waals surface area contributed by atoms with Gasteiger partial charge < -0.3 is 10.1 Å². The highest BCUT2D eigenvalue weighted by molar-refractivity contribution is 5.93. The maximum absolute atomic E-state index is 11.9. The highest BCUT2D eigenvalue weighted by Gasteiger charge is 2.34. The normalized spacial score (nSPS) is 23.3. The quantitative estimate of drug-likeness (QED) is 0.809. The van der Waals surface area contributed by atoms with E-state index < -0.39 is 0 Å². The van der Waals surface area contributed by atoms with Gasteiger partial charge in [-0.05, 0) is 19.3 Å². The second kappa shape index (κ2) is 7.51. The van der Waals surface area contributed by atoms with Gasteiger partial charge in [-0.25, -0.2) is 9.97 Å². The molecule has 0 bridgehead atoms. The van der Waals surface area contributed by atoms with Crippen molar-refractivity contribution in [3.05, 3.63) is 36.7 Å². The molecule has 8 nitrogen and oxygen atoms in total. The lowest BCUT2D eigenvalue weighted by molar-refractivity contribution is -0.117. The molecule has 2 aliphatic rings. The average Bonchev–Trinajstić information content (AvgIpc) is 3.29. The van der Waals surface area contributed by atoms with Crippen LogP contribution >= 0.6 is 0 Å². The van der Waals surface area contributed by atoms with E-state index in [1.165, 1.54) is 0 Å². The number of amides is 1. The van der Waals surface area contributed by atoms with Crippen molar-refractivity contribution in [3.8, 4) is 0 Å². The summed E-state index contributed by atoms with van der Waals surface area (Å²) < 4.78 is 7.37. The zero-order valence-corrected chi connectivity index (χ0v) is 14.9. The standard InChI is InChI=1S/C18H24N6O2/c1-26-11-17-4-16(10-23(17)8-13-5-19-12-20-6-13)24-9-15(7-21-24)22-18(25)14-2-3-14/h5-7,9,12,14,16-17H,2-4,8,10-11H2,1H3,(H,22,25)/t16-,17-/m0/s1. The molecular formula is C18H24N6O2. The highest BCUT2D eigenvalue weighted by Crippen LogP contribution is 2.31. The molecule has 2 atom stereocenters. The Hall–Kier alpha value is -2.32. The van der Waals surface area contributed by atoms with Gasteiger partial charge in [0.05, 0.1) is 24.5 Å². The SMILES string of the molecule is COC[C@@H]1C[C@H](n2cc(NC(=O)C3CC3)cn2)CN1Cc1cncnc1. The second-order valence-corrected chi connectivity index (χ2v) is 7.15. The van der Waals surface area contributed by atoms with Gasteiger partial charge in [-0.2, -0.15) is 5.10 Å². The third-order valence-electron chi connectivity index (χ3n) is 5.06. The van der Waals surface area contributed by atoms with Crippen molar-refractivity contribution in [3.63, 3.8) is 0 Å². The maximum atomic E-state index is 11.9. The lowest BCUT2D eigenvalue weighted by atomic mass is 10.2. The molecule has 2 aromatic heterocycles. The van der Waals surface area contributed by atoms with Crippen LogP contribution in [0, 0.1) is 5.92 Å². The summed E-state index contributed by atoms with van der Waals surface area (Å²) in [4.78, 5) is 22.5. The highest BCUT2D eigenvalue weighted by atomic mass is 16.5. The van der Waals surface area contributed by atoms with E-state index in [9.17, 15) is 4.79 Å². The van der Waals surface area contributed by atoms with Crippen LogP contribution in [0.4, 0.5) is 5.69 Å². The van der Waals surface area contributed by atoms with Gasteiger partial charge in [-0.1, -0.05) is 0 Å². The zero-order valence-electron chi connectivity index (χ0n) is 14.9. The molecule has 0 radical (unpaired) electrons. The minimum atomic E-state index is 0.110. The molecule has 1 N–H and O–H groups in total. The summed E-state index contributed by atoms with van der Waals surface area (Å²) in [5.74, 6) is 0.304. The Morgan fingerprint density at radius 1 is 1.31 bits per heavy atom. The number of nitrogens with one attached hydrogen (secondary N) is 1. The molecule has 1 aliphatic heterocycles. The first-order valence-electron chi connectivity index (χ1n) is 9.05. The fraction of sp³-hybridized carbons (Fsp3) is 0.556.